The molecule has 0 amide bonds. The first-order valence-corrected chi connectivity index (χ1v) is 6.26. The largest absolute Gasteiger partial charge is 0.377 e. The summed E-state index contributed by atoms with van der Waals surface area (Å²) in [5, 5.41) is 0. The Hall–Kier alpha value is -1.09. The van der Waals surface area contributed by atoms with Crippen LogP contribution in [0.4, 0.5) is 10.1 Å². The van der Waals surface area contributed by atoms with E-state index in [4.69, 9.17) is 5.73 Å². The zero-order valence-electron chi connectivity index (χ0n) is 10.7. The van der Waals surface area contributed by atoms with Gasteiger partial charge >= 0.3 is 0 Å². The fourth-order valence-corrected chi connectivity index (χ4v) is 2.96. The second kappa shape index (κ2) is 4.65. The highest BCUT2D eigenvalue weighted by Gasteiger charge is 2.36. The highest BCUT2D eigenvalue weighted by atomic mass is 19.1. The van der Waals surface area contributed by atoms with Gasteiger partial charge in [0, 0.05) is 31.7 Å². The van der Waals surface area contributed by atoms with Crippen LogP contribution in [0.5, 0.6) is 0 Å². The van der Waals surface area contributed by atoms with E-state index in [0.717, 1.165) is 18.5 Å². The number of nitrogens with zero attached hydrogens (tertiary/aromatic N) is 1. The van der Waals surface area contributed by atoms with Crippen molar-refractivity contribution < 1.29 is 4.39 Å². The summed E-state index contributed by atoms with van der Waals surface area (Å²) in [5.74, 6) is -0.178. The predicted molar refractivity (Wildman–Crippen MR) is 69.9 cm³/mol. The van der Waals surface area contributed by atoms with Crippen molar-refractivity contribution in [3.05, 3.63) is 29.6 Å². The van der Waals surface area contributed by atoms with Gasteiger partial charge in [0.05, 0.1) is 0 Å². The minimum absolute atomic E-state index is 0.0628. The van der Waals surface area contributed by atoms with E-state index in [0.29, 0.717) is 6.54 Å². The number of hydrogen-bond donors (Lipinski definition) is 1. The van der Waals surface area contributed by atoms with Gasteiger partial charge in [-0.2, -0.15) is 0 Å². The summed E-state index contributed by atoms with van der Waals surface area (Å²) in [7, 11) is 3.91. The molecule has 0 bridgehead atoms. The summed E-state index contributed by atoms with van der Waals surface area (Å²) < 4.78 is 13.4. The normalized spacial score (nSPS) is 18.4. The van der Waals surface area contributed by atoms with Crippen LogP contribution >= 0.6 is 0 Å². The second-order valence-corrected chi connectivity index (χ2v) is 5.25. The van der Waals surface area contributed by atoms with Crippen molar-refractivity contribution in [3.63, 3.8) is 0 Å². The molecule has 17 heavy (non-hydrogen) atoms. The number of hydrogen-bond acceptors (Lipinski definition) is 2. The van der Waals surface area contributed by atoms with Gasteiger partial charge in [0.15, 0.2) is 0 Å². The second-order valence-electron chi connectivity index (χ2n) is 5.25. The molecule has 0 spiro atoms. The molecule has 0 unspecified atom stereocenters. The van der Waals surface area contributed by atoms with Gasteiger partial charge in [0.2, 0.25) is 0 Å². The van der Waals surface area contributed by atoms with E-state index < -0.39 is 0 Å². The van der Waals surface area contributed by atoms with Gasteiger partial charge in [-0.15, -0.1) is 0 Å². The fraction of sp³-hybridized carbons (Fsp3) is 0.571. The molecule has 1 saturated carbocycles. The number of halogens is 1. The molecule has 1 aromatic carbocycles. The Morgan fingerprint density at radius 3 is 2.47 bits per heavy atom. The fourth-order valence-electron chi connectivity index (χ4n) is 2.96. The lowest BCUT2D eigenvalue weighted by atomic mass is 9.78. The molecular weight excluding hydrogens is 215 g/mol. The Balaban J connectivity index is 2.49. The molecule has 0 aliphatic heterocycles. The first-order chi connectivity index (χ1) is 8.09. The van der Waals surface area contributed by atoms with Gasteiger partial charge in [0.1, 0.15) is 5.82 Å². The molecule has 1 aliphatic rings. The molecule has 3 heteroatoms. The Labute approximate surface area is 103 Å². The van der Waals surface area contributed by atoms with Crippen LogP contribution in [0.3, 0.4) is 0 Å². The highest BCUT2D eigenvalue weighted by Crippen LogP contribution is 2.43. The predicted octanol–water partition coefficient (Wildman–Crippen LogP) is 2.66. The van der Waals surface area contributed by atoms with Crippen LogP contribution in [0.15, 0.2) is 18.2 Å². The third kappa shape index (κ3) is 2.16. The van der Waals surface area contributed by atoms with Crippen molar-refractivity contribution in [1.82, 2.24) is 0 Å². The van der Waals surface area contributed by atoms with Crippen molar-refractivity contribution in [2.24, 2.45) is 5.73 Å². The summed E-state index contributed by atoms with van der Waals surface area (Å²) in [6, 6.07) is 5.09. The van der Waals surface area contributed by atoms with Crippen molar-refractivity contribution >= 4 is 5.69 Å². The van der Waals surface area contributed by atoms with Crippen LogP contribution in [0.1, 0.15) is 31.2 Å². The molecule has 2 N–H and O–H groups in total. The highest BCUT2D eigenvalue weighted by molar-refractivity contribution is 5.56. The first-order valence-electron chi connectivity index (χ1n) is 6.26. The van der Waals surface area contributed by atoms with Gasteiger partial charge in [-0.25, -0.2) is 4.39 Å². The molecule has 0 heterocycles. The summed E-state index contributed by atoms with van der Waals surface area (Å²) in [6.45, 7) is 0.652. The Kier molecular flexibility index (Phi) is 3.38. The van der Waals surface area contributed by atoms with Gasteiger partial charge in [-0.3, -0.25) is 0 Å². The molecular formula is C14H21FN2. The first kappa shape index (κ1) is 12.4. The lowest BCUT2D eigenvalue weighted by molar-refractivity contribution is 0.452. The van der Waals surface area contributed by atoms with E-state index in [9.17, 15) is 4.39 Å². The zero-order valence-corrected chi connectivity index (χ0v) is 10.7. The molecule has 1 fully saturated rings. The van der Waals surface area contributed by atoms with Crippen molar-refractivity contribution in [2.75, 3.05) is 25.5 Å². The van der Waals surface area contributed by atoms with E-state index in [-0.39, 0.29) is 11.2 Å². The molecule has 0 aromatic heterocycles. The minimum Gasteiger partial charge on any atom is -0.377 e. The lowest BCUT2D eigenvalue weighted by Crippen LogP contribution is -2.33. The molecule has 0 radical (unpaired) electrons. The average Bonchev–Trinajstić information content (AvgIpc) is 2.78. The number of anilines is 1. The van der Waals surface area contributed by atoms with E-state index in [2.05, 4.69) is 0 Å². The quantitative estimate of drug-likeness (QED) is 0.874. The summed E-state index contributed by atoms with van der Waals surface area (Å²) >= 11 is 0. The van der Waals surface area contributed by atoms with E-state index in [1.54, 1.807) is 12.1 Å². The standard InChI is InChI=1S/C14H21FN2/c1-17(2)13-9-11(15)5-6-12(13)14(10-16)7-3-4-8-14/h5-6,9H,3-4,7-8,10,16H2,1-2H3. The van der Waals surface area contributed by atoms with E-state index in [1.807, 2.05) is 25.1 Å². The SMILES string of the molecule is CN(C)c1cc(F)ccc1C1(CN)CCCC1. The Bertz CT molecular complexity index is 395. The van der Waals surface area contributed by atoms with Crippen molar-refractivity contribution in [3.8, 4) is 0 Å². The van der Waals surface area contributed by atoms with Crippen LogP contribution in [0, 0.1) is 5.82 Å². The minimum atomic E-state index is -0.178. The third-order valence-corrected chi connectivity index (χ3v) is 3.96. The van der Waals surface area contributed by atoms with Crippen molar-refractivity contribution in [2.45, 2.75) is 31.1 Å². The Morgan fingerprint density at radius 1 is 1.29 bits per heavy atom. The topological polar surface area (TPSA) is 29.3 Å². The maximum Gasteiger partial charge on any atom is 0.125 e. The number of rotatable bonds is 3. The third-order valence-electron chi connectivity index (χ3n) is 3.96. The average molecular weight is 236 g/mol. The maximum atomic E-state index is 13.4. The van der Waals surface area contributed by atoms with Crippen LogP contribution < -0.4 is 10.6 Å². The van der Waals surface area contributed by atoms with Gasteiger partial charge < -0.3 is 10.6 Å². The number of benzene rings is 1. The maximum absolute atomic E-state index is 13.4. The Morgan fingerprint density at radius 2 is 1.94 bits per heavy atom. The van der Waals surface area contributed by atoms with Gasteiger partial charge in [-0.05, 0) is 30.5 Å². The van der Waals surface area contributed by atoms with E-state index in [1.165, 1.54) is 18.4 Å². The smallest absolute Gasteiger partial charge is 0.125 e. The van der Waals surface area contributed by atoms with Crippen molar-refractivity contribution in [1.29, 1.82) is 0 Å². The monoisotopic (exact) mass is 236 g/mol. The number of nitrogens with two attached hydrogens (primary N) is 1. The van der Waals surface area contributed by atoms with Crippen LogP contribution in [-0.4, -0.2) is 20.6 Å². The molecule has 1 aliphatic carbocycles. The summed E-state index contributed by atoms with van der Waals surface area (Å²) in [5.41, 5.74) is 8.24. The van der Waals surface area contributed by atoms with Gasteiger partial charge in [-0.1, -0.05) is 18.9 Å². The van der Waals surface area contributed by atoms with Gasteiger partial charge in [0.25, 0.3) is 0 Å². The molecule has 0 saturated heterocycles. The molecule has 1 aromatic rings. The molecule has 94 valence electrons. The van der Waals surface area contributed by atoms with E-state index >= 15 is 0 Å². The molecule has 0 atom stereocenters. The molecule has 2 rings (SSSR count). The van der Waals surface area contributed by atoms with Crippen LogP contribution in [0.25, 0.3) is 0 Å². The summed E-state index contributed by atoms with van der Waals surface area (Å²) in [6.07, 6.45) is 4.69. The molecule has 2 nitrogen and oxygen atoms in total. The van der Waals surface area contributed by atoms with Crippen LogP contribution in [0.2, 0.25) is 0 Å². The lowest BCUT2D eigenvalue weighted by Gasteiger charge is -2.32. The summed E-state index contributed by atoms with van der Waals surface area (Å²) in [4.78, 5) is 1.98. The zero-order chi connectivity index (χ0) is 12.5. The van der Waals surface area contributed by atoms with Crippen LogP contribution in [-0.2, 0) is 5.41 Å².